The highest BCUT2D eigenvalue weighted by atomic mass is 35.5. The molecule has 20 heavy (non-hydrogen) atoms. The summed E-state index contributed by atoms with van der Waals surface area (Å²) in [4.78, 5) is 7.74. The molecule has 1 heterocycles. The molecule has 1 aromatic carbocycles. The van der Waals surface area contributed by atoms with Gasteiger partial charge >= 0.3 is 0 Å². The number of nitrogens with one attached hydrogen (secondary N) is 1. The van der Waals surface area contributed by atoms with Gasteiger partial charge in [-0.15, -0.1) is 0 Å². The topological polar surface area (TPSA) is 61.0 Å². The third kappa shape index (κ3) is 3.23. The summed E-state index contributed by atoms with van der Waals surface area (Å²) < 4.78 is 17.7. The lowest BCUT2D eigenvalue weighted by Gasteiger charge is -2.11. The van der Waals surface area contributed by atoms with Crippen molar-refractivity contribution in [2.45, 2.75) is 29.7 Å². The fourth-order valence-corrected chi connectivity index (χ4v) is 3.74. The number of hydrogen-bond acceptors (Lipinski definition) is 3. The molecule has 0 amide bonds. The molecule has 1 aromatic heterocycles. The number of hydrogen-bond donors (Lipinski definition) is 1. The molecule has 0 aliphatic heterocycles. The molecule has 0 fully saturated rings. The van der Waals surface area contributed by atoms with Gasteiger partial charge in [-0.1, -0.05) is 37.0 Å². The van der Waals surface area contributed by atoms with Gasteiger partial charge in [0.05, 0.1) is 7.11 Å². The van der Waals surface area contributed by atoms with Crippen LogP contribution in [0.1, 0.15) is 25.5 Å². The first-order chi connectivity index (χ1) is 9.42. The number of rotatable bonds is 4. The monoisotopic (exact) mass is 332 g/mol. The van der Waals surface area contributed by atoms with Gasteiger partial charge in [0.15, 0.2) is 4.90 Å². The Bertz CT molecular complexity index is 596. The molecule has 7 heteroatoms. The van der Waals surface area contributed by atoms with Crippen LogP contribution in [0.3, 0.4) is 0 Å². The Morgan fingerprint density at radius 1 is 1.25 bits per heavy atom. The summed E-state index contributed by atoms with van der Waals surface area (Å²) in [5.41, 5.74) is 0.705. The molecule has 0 saturated carbocycles. The first-order valence-corrected chi connectivity index (χ1v) is 7.84. The van der Waals surface area contributed by atoms with Crippen molar-refractivity contribution in [1.29, 1.82) is 0 Å². The maximum atomic E-state index is 12.7. The van der Waals surface area contributed by atoms with Crippen molar-refractivity contribution >= 4 is 34.4 Å². The first kappa shape index (κ1) is 15.5. The lowest BCUT2D eigenvalue weighted by atomic mass is 10.2. The van der Waals surface area contributed by atoms with E-state index >= 15 is 0 Å². The predicted molar refractivity (Wildman–Crippen MR) is 80.4 cm³/mol. The number of halogens is 2. The van der Waals surface area contributed by atoms with Crippen LogP contribution in [0.25, 0.3) is 0 Å². The van der Waals surface area contributed by atoms with Gasteiger partial charge in [0.1, 0.15) is 5.69 Å². The van der Waals surface area contributed by atoms with E-state index in [0.29, 0.717) is 31.7 Å². The van der Waals surface area contributed by atoms with E-state index in [1.807, 2.05) is 13.8 Å². The van der Waals surface area contributed by atoms with Crippen LogP contribution in [-0.4, -0.2) is 21.6 Å². The van der Waals surface area contributed by atoms with Crippen molar-refractivity contribution in [3.05, 3.63) is 33.9 Å². The maximum absolute atomic E-state index is 12.7. The van der Waals surface area contributed by atoms with Crippen molar-refractivity contribution in [2.75, 3.05) is 7.11 Å². The molecule has 1 atom stereocenters. The number of H-pyrrole nitrogens is 1. The van der Waals surface area contributed by atoms with E-state index < -0.39 is 11.2 Å². The molecule has 108 valence electrons. The standard InChI is InChI=1S/C13H14Cl2N2O2S/c1-7(2)11-12(17-13(16-11)19-3)20(18)10-5-8(14)4-9(15)6-10/h4-7H,1-3H3,(H,16,17). The second-order valence-electron chi connectivity index (χ2n) is 4.49. The van der Waals surface area contributed by atoms with E-state index in [1.54, 1.807) is 18.2 Å². The van der Waals surface area contributed by atoms with Gasteiger partial charge in [0.25, 0.3) is 11.0 Å². The number of methoxy groups -OCH3 is 1. The molecule has 2 aromatic rings. The van der Waals surface area contributed by atoms with Crippen molar-refractivity contribution in [2.24, 2.45) is 0 Å². The third-order valence-corrected chi connectivity index (χ3v) is 4.43. The summed E-state index contributed by atoms with van der Waals surface area (Å²) in [5, 5.41) is 1.40. The number of ether oxygens (including phenoxy) is 1. The first-order valence-electron chi connectivity index (χ1n) is 5.94. The average Bonchev–Trinajstić information content (AvgIpc) is 2.81. The van der Waals surface area contributed by atoms with Gasteiger partial charge in [0, 0.05) is 39.3 Å². The minimum atomic E-state index is -1.45. The second-order valence-corrected chi connectivity index (χ2v) is 6.78. The van der Waals surface area contributed by atoms with Crippen LogP contribution >= 0.6 is 23.2 Å². The number of aromatic nitrogens is 2. The van der Waals surface area contributed by atoms with Gasteiger partial charge in [-0.3, -0.25) is 4.98 Å². The number of imidazole rings is 1. The molecule has 0 radical (unpaired) electrons. The largest absolute Gasteiger partial charge is 0.605 e. The molecule has 2 rings (SSSR count). The lowest BCUT2D eigenvalue weighted by Crippen LogP contribution is -2.07. The third-order valence-electron chi connectivity index (χ3n) is 2.65. The van der Waals surface area contributed by atoms with E-state index in [-0.39, 0.29) is 5.92 Å². The molecule has 1 N–H and O–H groups in total. The fraction of sp³-hybridized carbons (Fsp3) is 0.308. The molecule has 0 saturated heterocycles. The summed E-state index contributed by atoms with van der Waals surface area (Å²) in [5.74, 6) is 0.115. The van der Waals surface area contributed by atoms with Crippen molar-refractivity contribution in [1.82, 2.24) is 9.97 Å². The summed E-state index contributed by atoms with van der Waals surface area (Å²) in [6.45, 7) is 3.95. The van der Waals surface area contributed by atoms with Crippen molar-refractivity contribution in [3.8, 4) is 6.01 Å². The van der Waals surface area contributed by atoms with Crippen LogP contribution in [0.2, 0.25) is 10.0 Å². The SMILES string of the molecule is COc1nc(C(C)C)c([S+]([O-])c2cc(Cl)cc(Cl)c2)[nH]1. The molecule has 1 unspecified atom stereocenters. The Morgan fingerprint density at radius 2 is 1.85 bits per heavy atom. The Balaban J connectivity index is 2.46. The van der Waals surface area contributed by atoms with Crippen LogP contribution in [0.4, 0.5) is 0 Å². The molecule has 0 aliphatic rings. The minimum Gasteiger partial charge on any atom is -0.605 e. The van der Waals surface area contributed by atoms with Crippen LogP contribution in [0.5, 0.6) is 6.01 Å². The minimum absolute atomic E-state index is 0.115. The lowest BCUT2D eigenvalue weighted by molar-refractivity contribution is 0.382. The second kappa shape index (κ2) is 6.26. The van der Waals surface area contributed by atoms with Gasteiger partial charge in [0.2, 0.25) is 0 Å². The van der Waals surface area contributed by atoms with Crippen LogP contribution < -0.4 is 4.74 Å². The highest BCUT2D eigenvalue weighted by Crippen LogP contribution is 2.31. The summed E-state index contributed by atoms with van der Waals surface area (Å²) in [6.07, 6.45) is 0. The highest BCUT2D eigenvalue weighted by molar-refractivity contribution is 7.91. The van der Waals surface area contributed by atoms with E-state index in [1.165, 1.54) is 7.11 Å². The quantitative estimate of drug-likeness (QED) is 0.860. The van der Waals surface area contributed by atoms with Gasteiger partial charge in [-0.2, -0.15) is 4.98 Å². The zero-order valence-corrected chi connectivity index (χ0v) is 13.6. The van der Waals surface area contributed by atoms with E-state index in [4.69, 9.17) is 27.9 Å². The number of nitrogens with zero attached hydrogens (tertiary/aromatic N) is 1. The van der Waals surface area contributed by atoms with Crippen molar-refractivity contribution in [3.63, 3.8) is 0 Å². The zero-order valence-electron chi connectivity index (χ0n) is 11.2. The summed E-state index contributed by atoms with van der Waals surface area (Å²) in [6, 6.07) is 5.19. The van der Waals surface area contributed by atoms with Crippen molar-refractivity contribution < 1.29 is 9.29 Å². The molecule has 0 spiro atoms. The molecular formula is C13H14Cl2N2O2S. The Hall–Kier alpha value is -0.880. The van der Waals surface area contributed by atoms with Crippen LogP contribution in [-0.2, 0) is 11.2 Å². The van der Waals surface area contributed by atoms with E-state index in [9.17, 15) is 4.55 Å². The zero-order chi connectivity index (χ0) is 14.9. The molecule has 0 bridgehead atoms. The van der Waals surface area contributed by atoms with Crippen LogP contribution in [0.15, 0.2) is 28.1 Å². The smallest absolute Gasteiger partial charge is 0.297 e. The Morgan fingerprint density at radius 3 is 2.35 bits per heavy atom. The summed E-state index contributed by atoms with van der Waals surface area (Å²) >= 11 is 10.4. The normalized spacial score (nSPS) is 12.8. The van der Waals surface area contributed by atoms with Gasteiger partial charge < -0.3 is 9.29 Å². The van der Waals surface area contributed by atoms with E-state index in [2.05, 4.69) is 9.97 Å². The van der Waals surface area contributed by atoms with Crippen LogP contribution in [0, 0.1) is 0 Å². The average molecular weight is 333 g/mol. The van der Waals surface area contributed by atoms with Gasteiger partial charge in [-0.25, -0.2) is 0 Å². The highest BCUT2D eigenvalue weighted by Gasteiger charge is 2.26. The molecule has 0 aliphatic carbocycles. The maximum Gasteiger partial charge on any atom is 0.297 e. The molecular weight excluding hydrogens is 319 g/mol. The number of aromatic amines is 1. The fourth-order valence-electron chi connectivity index (χ4n) is 1.73. The summed E-state index contributed by atoms with van der Waals surface area (Å²) in [7, 11) is 1.51. The number of benzene rings is 1. The predicted octanol–water partition coefficient (Wildman–Crippen LogP) is 4.02. The molecule has 4 nitrogen and oxygen atoms in total. The van der Waals surface area contributed by atoms with Gasteiger partial charge in [-0.05, 0) is 6.07 Å². The Kier molecular flexibility index (Phi) is 4.86. The van der Waals surface area contributed by atoms with E-state index in [0.717, 1.165) is 0 Å². The Labute approximate surface area is 130 Å².